The molecule has 0 bridgehead atoms. The lowest BCUT2D eigenvalue weighted by molar-refractivity contribution is 1.48. The second-order valence-electron chi connectivity index (χ2n) is 1.26. The molecule has 0 aromatic carbocycles. The minimum absolute atomic E-state index is 0.380. The second kappa shape index (κ2) is 1.57. The van der Waals surface area contributed by atoms with E-state index < -0.39 is 0 Å². The summed E-state index contributed by atoms with van der Waals surface area (Å²) in [4.78, 5) is 0. The molecular formula is C5H5P. The third-order valence-corrected chi connectivity index (χ3v) is 1.07. The average Bonchev–Trinajstić information content (AvgIpc) is 1.86. The molecule has 2 radical (unpaired) electrons. The Morgan fingerprint density at radius 3 is 1.83 bits per heavy atom. The minimum atomic E-state index is 0.380. The highest BCUT2D eigenvalue weighted by molar-refractivity contribution is 7.18. The van der Waals surface area contributed by atoms with Gasteiger partial charge in [0.05, 0.1) is 0 Å². The van der Waals surface area contributed by atoms with Crippen LogP contribution in [0.3, 0.4) is 0 Å². The van der Waals surface area contributed by atoms with E-state index in [0.29, 0.717) is 5.66 Å². The van der Waals surface area contributed by atoms with E-state index in [0.717, 1.165) is 0 Å². The molecule has 0 unspecified atom stereocenters. The van der Waals surface area contributed by atoms with Crippen LogP contribution in [0.15, 0.2) is 24.3 Å². The fourth-order valence-electron chi connectivity index (χ4n) is 0.420. The SMILES string of the molecule is [P]C1C=CC=C1. The van der Waals surface area contributed by atoms with Crippen LogP contribution in [0.25, 0.3) is 0 Å². The van der Waals surface area contributed by atoms with Gasteiger partial charge >= 0.3 is 0 Å². The van der Waals surface area contributed by atoms with Gasteiger partial charge in [0.2, 0.25) is 0 Å². The van der Waals surface area contributed by atoms with Crippen molar-refractivity contribution in [2.24, 2.45) is 0 Å². The molecule has 0 spiro atoms. The van der Waals surface area contributed by atoms with E-state index in [-0.39, 0.29) is 0 Å². The van der Waals surface area contributed by atoms with Gasteiger partial charge < -0.3 is 0 Å². The normalized spacial score (nSPS) is 20.2. The first-order valence-corrected chi connectivity index (χ1v) is 2.44. The van der Waals surface area contributed by atoms with Gasteiger partial charge in [0.1, 0.15) is 0 Å². The molecule has 0 fully saturated rings. The van der Waals surface area contributed by atoms with Crippen molar-refractivity contribution in [3.05, 3.63) is 24.3 Å². The molecule has 0 atom stereocenters. The summed E-state index contributed by atoms with van der Waals surface area (Å²) in [5, 5.41) is 0. The monoisotopic (exact) mass is 96.0 g/mol. The summed E-state index contributed by atoms with van der Waals surface area (Å²) in [7, 11) is 4.12. The van der Waals surface area contributed by atoms with Crippen molar-refractivity contribution in [2.75, 3.05) is 0 Å². The van der Waals surface area contributed by atoms with Gasteiger partial charge in [-0.2, -0.15) is 0 Å². The minimum Gasteiger partial charge on any atom is -0.0727 e. The van der Waals surface area contributed by atoms with E-state index in [1.807, 2.05) is 24.3 Å². The maximum atomic E-state index is 4.12. The molecule has 1 heteroatoms. The predicted molar refractivity (Wildman–Crippen MR) is 29.0 cm³/mol. The summed E-state index contributed by atoms with van der Waals surface area (Å²) in [5.41, 5.74) is 0.380. The quantitative estimate of drug-likeness (QED) is 0.404. The van der Waals surface area contributed by atoms with E-state index in [4.69, 9.17) is 0 Å². The number of hydrogen-bond donors (Lipinski definition) is 0. The van der Waals surface area contributed by atoms with Crippen molar-refractivity contribution in [3.8, 4) is 0 Å². The fraction of sp³-hybridized carbons (Fsp3) is 0.200. The Labute approximate surface area is 40.1 Å². The molecule has 0 aliphatic heterocycles. The summed E-state index contributed by atoms with van der Waals surface area (Å²) >= 11 is 0. The molecule has 6 heavy (non-hydrogen) atoms. The van der Waals surface area contributed by atoms with Crippen molar-refractivity contribution in [2.45, 2.75) is 5.66 Å². The van der Waals surface area contributed by atoms with Gasteiger partial charge in [-0.1, -0.05) is 24.3 Å². The average molecular weight is 96.1 g/mol. The van der Waals surface area contributed by atoms with Crippen molar-refractivity contribution in [1.82, 2.24) is 0 Å². The molecule has 0 saturated carbocycles. The van der Waals surface area contributed by atoms with Crippen LogP contribution in [0.1, 0.15) is 0 Å². The molecule has 30 valence electrons. The van der Waals surface area contributed by atoms with Crippen LogP contribution in [0.4, 0.5) is 0 Å². The molecule has 1 aliphatic carbocycles. The third-order valence-electron chi connectivity index (χ3n) is 0.728. The highest BCUT2D eigenvalue weighted by Crippen LogP contribution is 2.08. The van der Waals surface area contributed by atoms with Crippen LogP contribution < -0.4 is 0 Å². The Kier molecular flexibility index (Phi) is 1.07. The standard InChI is InChI=1S/C5H5P/c6-5-3-1-2-4-5/h1-5H. The van der Waals surface area contributed by atoms with Crippen LogP contribution in [0.5, 0.6) is 0 Å². The van der Waals surface area contributed by atoms with E-state index in [2.05, 4.69) is 9.24 Å². The zero-order chi connectivity index (χ0) is 4.41. The fourth-order valence-corrected chi connectivity index (χ4v) is 0.619. The molecule has 0 amide bonds. The van der Waals surface area contributed by atoms with E-state index >= 15 is 0 Å². The maximum absolute atomic E-state index is 4.12. The summed E-state index contributed by atoms with van der Waals surface area (Å²) in [6.07, 6.45) is 8.06. The molecule has 1 rings (SSSR count). The zero-order valence-electron chi connectivity index (χ0n) is 3.33. The smallest absolute Gasteiger partial charge is 0.0241 e. The van der Waals surface area contributed by atoms with Crippen LogP contribution in [0.2, 0.25) is 0 Å². The van der Waals surface area contributed by atoms with Crippen LogP contribution >= 0.6 is 9.24 Å². The Balaban J connectivity index is 2.60. The largest absolute Gasteiger partial charge is 0.0727 e. The lowest BCUT2D eigenvalue weighted by Gasteiger charge is -1.82. The third kappa shape index (κ3) is 0.693. The zero-order valence-corrected chi connectivity index (χ0v) is 4.23. The number of rotatable bonds is 0. The highest BCUT2D eigenvalue weighted by atomic mass is 31.0. The molecule has 0 aromatic heterocycles. The number of allylic oxidation sites excluding steroid dienone is 4. The summed E-state index contributed by atoms with van der Waals surface area (Å²) in [6, 6.07) is 0. The van der Waals surface area contributed by atoms with Gasteiger partial charge in [0.15, 0.2) is 0 Å². The molecular weight excluding hydrogens is 91.0 g/mol. The van der Waals surface area contributed by atoms with Gasteiger partial charge in [-0.3, -0.25) is 0 Å². The lowest BCUT2D eigenvalue weighted by atomic mass is 10.5. The Hall–Kier alpha value is -0.0900. The maximum Gasteiger partial charge on any atom is 0.0241 e. The Morgan fingerprint density at radius 1 is 1.17 bits per heavy atom. The van der Waals surface area contributed by atoms with Gasteiger partial charge in [-0.15, -0.1) is 0 Å². The van der Waals surface area contributed by atoms with Crippen LogP contribution in [-0.4, -0.2) is 5.66 Å². The lowest BCUT2D eigenvalue weighted by Crippen LogP contribution is -1.74. The summed E-state index contributed by atoms with van der Waals surface area (Å²) in [5.74, 6) is 0. The van der Waals surface area contributed by atoms with E-state index in [9.17, 15) is 0 Å². The molecule has 0 aromatic rings. The summed E-state index contributed by atoms with van der Waals surface area (Å²) in [6.45, 7) is 0. The van der Waals surface area contributed by atoms with Crippen molar-refractivity contribution >= 4 is 9.24 Å². The first kappa shape index (κ1) is 4.08. The van der Waals surface area contributed by atoms with Crippen LogP contribution in [0, 0.1) is 0 Å². The molecule has 0 heterocycles. The predicted octanol–water partition coefficient (Wildman–Crippen LogP) is 1.89. The van der Waals surface area contributed by atoms with Crippen molar-refractivity contribution in [3.63, 3.8) is 0 Å². The van der Waals surface area contributed by atoms with Crippen molar-refractivity contribution in [1.29, 1.82) is 0 Å². The van der Waals surface area contributed by atoms with Gasteiger partial charge in [0, 0.05) is 5.66 Å². The molecule has 0 nitrogen and oxygen atoms in total. The summed E-state index contributed by atoms with van der Waals surface area (Å²) < 4.78 is 0. The Morgan fingerprint density at radius 2 is 1.67 bits per heavy atom. The van der Waals surface area contributed by atoms with E-state index in [1.54, 1.807) is 0 Å². The first-order valence-electron chi connectivity index (χ1n) is 1.92. The molecule has 0 saturated heterocycles. The van der Waals surface area contributed by atoms with Crippen LogP contribution in [-0.2, 0) is 0 Å². The second-order valence-corrected chi connectivity index (χ2v) is 1.86. The molecule has 1 aliphatic rings. The topological polar surface area (TPSA) is 0 Å². The highest BCUT2D eigenvalue weighted by Gasteiger charge is 1.91. The van der Waals surface area contributed by atoms with Gasteiger partial charge in [-0.05, 0) is 9.24 Å². The van der Waals surface area contributed by atoms with Gasteiger partial charge in [0.25, 0.3) is 0 Å². The number of hydrogen-bond acceptors (Lipinski definition) is 0. The van der Waals surface area contributed by atoms with Gasteiger partial charge in [-0.25, -0.2) is 0 Å². The Bertz CT molecular complexity index is 80.1. The van der Waals surface area contributed by atoms with Crippen molar-refractivity contribution < 1.29 is 0 Å². The van der Waals surface area contributed by atoms with E-state index in [1.165, 1.54) is 0 Å². The first-order chi connectivity index (χ1) is 2.89. The molecule has 0 N–H and O–H groups in total.